The van der Waals surface area contributed by atoms with Crippen molar-refractivity contribution in [3.05, 3.63) is 65.6 Å². The number of rotatable bonds is 3. The minimum atomic E-state index is -0.680. The molecule has 0 unspecified atom stereocenters. The summed E-state index contributed by atoms with van der Waals surface area (Å²) in [5.41, 5.74) is 4.80. The summed E-state index contributed by atoms with van der Waals surface area (Å²) in [5.74, 6) is -0.372. The number of hydrogen-bond acceptors (Lipinski definition) is 5. The van der Waals surface area contributed by atoms with Gasteiger partial charge >= 0.3 is 6.09 Å². The number of imide groups is 1. The van der Waals surface area contributed by atoms with Crippen LogP contribution in [-0.2, 0) is 11.2 Å². The first-order chi connectivity index (χ1) is 14.7. The normalized spacial score (nSPS) is 13.7. The van der Waals surface area contributed by atoms with Crippen LogP contribution in [0.2, 0.25) is 0 Å². The van der Waals surface area contributed by atoms with E-state index in [1.54, 1.807) is 33.2 Å². The molecule has 7 nitrogen and oxygen atoms in total. The number of nitrogens with one attached hydrogen (secondary N) is 2. The summed E-state index contributed by atoms with van der Waals surface area (Å²) in [7, 11) is 0. The molecule has 2 amide bonds. The van der Waals surface area contributed by atoms with Gasteiger partial charge in [-0.2, -0.15) is 0 Å². The lowest BCUT2D eigenvalue weighted by atomic mass is 10.0. The van der Waals surface area contributed by atoms with Gasteiger partial charge in [0.25, 0.3) is 5.91 Å². The second-order valence-electron chi connectivity index (χ2n) is 8.60. The molecule has 2 aromatic heterocycles. The van der Waals surface area contributed by atoms with Crippen LogP contribution in [0.3, 0.4) is 0 Å². The molecule has 0 bridgehead atoms. The highest BCUT2D eigenvalue weighted by atomic mass is 16.6. The van der Waals surface area contributed by atoms with Crippen LogP contribution in [0, 0.1) is 6.92 Å². The molecule has 0 saturated heterocycles. The molecular formula is C24H26N4O3. The van der Waals surface area contributed by atoms with E-state index in [4.69, 9.17) is 4.74 Å². The molecule has 4 rings (SSSR count). The van der Waals surface area contributed by atoms with Gasteiger partial charge in [-0.3, -0.25) is 9.78 Å². The third kappa shape index (κ3) is 4.17. The Morgan fingerprint density at radius 1 is 1.19 bits per heavy atom. The van der Waals surface area contributed by atoms with Crippen molar-refractivity contribution in [2.45, 2.75) is 39.7 Å². The van der Waals surface area contributed by atoms with E-state index in [2.05, 4.69) is 15.3 Å². The highest BCUT2D eigenvalue weighted by molar-refractivity contribution is 6.11. The van der Waals surface area contributed by atoms with Gasteiger partial charge in [-0.05, 0) is 51.5 Å². The number of aryl methyl sites for hydroxylation is 1. The van der Waals surface area contributed by atoms with Crippen molar-refractivity contribution in [2.75, 3.05) is 11.9 Å². The van der Waals surface area contributed by atoms with Gasteiger partial charge in [0.2, 0.25) is 0 Å². The molecule has 1 aliphatic heterocycles. The van der Waals surface area contributed by atoms with Crippen LogP contribution in [-0.4, -0.2) is 39.0 Å². The van der Waals surface area contributed by atoms with E-state index in [-0.39, 0.29) is 12.5 Å². The molecule has 0 fully saturated rings. The van der Waals surface area contributed by atoms with Crippen molar-refractivity contribution in [3.63, 3.8) is 0 Å². The third-order valence-electron chi connectivity index (χ3n) is 5.07. The van der Waals surface area contributed by atoms with Crippen molar-refractivity contribution < 1.29 is 14.3 Å². The van der Waals surface area contributed by atoms with Gasteiger partial charge in [-0.25, -0.2) is 9.69 Å². The monoisotopic (exact) mass is 418 g/mol. The third-order valence-corrected chi connectivity index (χ3v) is 5.07. The first-order valence-corrected chi connectivity index (χ1v) is 10.3. The second kappa shape index (κ2) is 7.91. The molecule has 0 atom stereocenters. The summed E-state index contributed by atoms with van der Waals surface area (Å²) in [6.07, 6.45) is 3.41. The Kier molecular flexibility index (Phi) is 5.27. The molecule has 1 aliphatic rings. The number of amides is 2. The number of pyridine rings is 1. The lowest BCUT2D eigenvalue weighted by Gasteiger charge is -2.29. The van der Waals surface area contributed by atoms with Crippen molar-refractivity contribution in [3.8, 4) is 11.3 Å². The summed E-state index contributed by atoms with van der Waals surface area (Å²) >= 11 is 0. The van der Waals surface area contributed by atoms with Crippen molar-refractivity contribution >= 4 is 23.4 Å². The molecule has 2 N–H and O–H groups in total. The van der Waals surface area contributed by atoms with Crippen molar-refractivity contribution in [1.82, 2.24) is 14.9 Å². The summed E-state index contributed by atoms with van der Waals surface area (Å²) in [6.45, 7) is 7.60. The molecule has 0 aliphatic carbocycles. The molecule has 7 heteroatoms. The Labute approximate surface area is 181 Å². The lowest BCUT2D eigenvalue weighted by molar-refractivity contribution is 0.0233. The van der Waals surface area contributed by atoms with E-state index in [1.165, 1.54) is 4.90 Å². The molecule has 0 spiro atoms. The summed E-state index contributed by atoms with van der Waals surface area (Å²) < 4.78 is 5.46. The van der Waals surface area contributed by atoms with Crippen molar-refractivity contribution in [1.29, 1.82) is 0 Å². The minimum Gasteiger partial charge on any atom is -0.443 e. The van der Waals surface area contributed by atoms with Crippen LogP contribution in [0.5, 0.6) is 0 Å². The average Bonchev–Trinajstić information content (AvgIpc) is 3.07. The number of ether oxygens (including phenoxy) is 1. The van der Waals surface area contributed by atoms with Gasteiger partial charge in [0, 0.05) is 42.3 Å². The number of fused-ring (bicyclic) bond motifs is 1. The SMILES string of the molecule is Cc1cnccc1-c1[nH]c2c(c1Nc1ccccc1)C(=O)N(C(=O)OC(C)(C)C)CC2. The van der Waals surface area contributed by atoms with Crippen LogP contribution in [0.25, 0.3) is 11.3 Å². The first-order valence-electron chi connectivity index (χ1n) is 10.3. The number of anilines is 2. The smallest absolute Gasteiger partial charge is 0.417 e. The average molecular weight is 418 g/mol. The summed E-state index contributed by atoms with van der Waals surface area (Å²) in [5, 5.41) is 3.39. The van der Waals surface area contributed by atoms with Crippen LogP contribution in [0.4, 0.5) is 16.2 Å². The molecule has 1 aromatic carbocycles. The van der Waals surface area contributed by atoms with E-state index >= 15 is 0 Å². The van der Waals surface area contributed by atoms with Crippen LogP contribution in [0.1, 0.15) is 42.4 Å². The number of hydrogen-bond donors (Lipinski definition) is 2. The van der Waals surface area contributed by atoms with Gasteiger partial charge < -0.3 is 15.0 Å². The number of aromatic amines is 1. The summed E-state index contributed by atoms with van der Waals surface area (Å²) in [6, 6.07) is 11.6. The number of nitrogens with zero attached hydrogens (tertiary/aromatic N) is 2. The molecule has 31 heavy (non-hydrogen) atoms. The quantitative estimate of drug-likeness (QED) is 0.621. The maximum absolute atomic E-state index is 13.4. The molecule has 3 aromatic rings. The predicted molar refractivity (Wildman–Crippen MR) is 119 cm³/mol. The minimum absolute atomic E-state index is 0.265. The van der Waals surface area contributed by atoms with Gasteiger partial charge in [0.15, 0.2) is 0 Å². The Hall–Kier alpha value is -3.61. The summed E-state index contributed by atoms with van der Waals surface area (Å²) in [4.78, 5) is 34.9. The standard InChI is InChI=1S/C24H26N4O3/c1-15-14-25-12-10-17(15)20-21(26-16-8-6-5-7-9-16)19-18(27-20)11-13-28(22(19)29)23(30)31-24(2,3)4/h5-10,12,14,26-27H,11,13H2,1-4H3. The fraction of sp³-hybridized carbons (Fsp3) is 0.292. The number of H-pyrrole nitrogens is 1. The zero-order valence-corrected chi connectivity index (χ0v) is 18.2. The highest BCUT2D eigenvalue weighted by Crippen LogP contribution is 2.39. The lowest BCUT2D eigenvalue weighted by Crippen LogP contribution is -2.44. The number of aromatic nitrogens is 2. The Morgan fingerprint density at radius 3 is 2.61 bits per heavy atom. The topological polar surface area (TPSA) is 87.3 Å². The fourth-order valence-corrected chi connectivity index (χ4v) is 3.67. The molecule has 160 valence electrons. The molecule has 0 saturated carbocycles. The maximum atomic E-state index is 13.4. The number of para-hydroxylation sites is 1. The largest absolute Gasteiger partial charge is 0.443 e. The molecule has 3 heterocycles. The van der Waals surface area contributed by atoms with E-state index in [0.717, 1.165) is 28.2 Å². The highest BCUT2D eigenvalue weighted by Gasteiger charge is 2.36. The van der Waals surface area contributed by atoms with Crippen LogP contribution in [0.15, 0.2) is 48.8 Å². The van der Waals surface area contributed by atoms with E-state index < -0.39 is 11.7 Å². The second-order valence-corrected chi connectivity index (χ2v) is 8.60. The Bertz CT molecular complexity index is 1130. The number of carbonyl (C=O) groups is 2. The van der Waals surface area contributed by atoms with Crippen LogP contribution >= 0.6 is 0 Å². The predicted octanol–water partition coefficient (Wildman–Crippen LogP) is 5.06. The van der Waals surface area contributed by atoms with Gasteiger partial charge in [-0.15, -0.1) is 0 Å². The molecule has 0 radical (unpaired) electrons. The van der Waals surface area contributed by atoms with Crippen molar-refractivity contribution in [2.24, 2.45) is 0 Å². The zero-order chi connectivity index (χ0) is 22.2. The first kappa shape index (κ1) is 20.7. The fourth-order valence-electron chi connectivity index (χ4n) is 3.67. The van der Waals surface area contributed by atoms with E-state index in [9.17, 15) is 9.59 Å². The number of carbonyl (C=O) groups excluding carboxylic acids is 2. The Morgan fingerprint density at radius 2 is 1.94 bits per heavy atom. The van der Waals surface area contributed by atoms with E-state index in [1.807, 2.05) is 43.3 Å². The number of benzene rings is 1. The Balaban J connectivity index is 1.81. The van der Waals surface area contributed by atoms with Gasteiger partial charge in [0.05, 0.1) is 16.9 Å². The van der Waals surface area contributed by atoms with Gasteiger partial charge in [0.1, 0.15) is 5.60 Å². The van der Waals surface area contributed by atoms with E-state index in [0.29, 0.717) is 17.7 Å². The zero-order valence-electron chi connectivity index (χ0n) is 18.2. The van der Waals surface area contributed by atoms with Crippen LogP contribution < -0.4 is 5.32 Å². The maximum Gasteiger partial charge on any atom is 0.417 e. The van der Waals surface area contributed by atoms with Gasteiger partial charge in [-0.1, -0.05) is 18.2 Å². The molecular weight excluding hydrogens is 392 g/mol.